The highest BCUT2D eigenvalue weighted by Gasteiger charge is 2.29. The van der Waals surface area contributed by atoms with E-state index in [2.05, 4.69) is 12.1 Å². The maximum atomic E-state index is 12.1. The van der Waals surface area contributed by atoms with Crippen molar-refractivity contribution in [1.82, 2.24) is 4.90 Å². The van der Waals surface area contributed by atoms with Gasteiger partial charge in [0.25, 0.3) is 5.91 Å². The quantitative estimate of drug-likeness (QED) is 0.883. The summed E-state index contributed by atoms with van der Waals surface area (Å²) in [5.74, 6) is 0.892. The van der Waals surface area contributed by atoms with Crippen LogP contribution in [0.2, 0.25) is 0 Å². The fourth-order valence-electron chi connectivity index (χ4n) is 2.23. The summed E-state index contributed by atoms with van der Waals surface area (Å²) in [6, 6.07) is 18.0. The van der Waals surface area contributed by atoms with E-state index in [1.807, 2.05) is 42.5 Å². The molecule has 3 rings (SSSR count). The molecule has 4 heteroatoms. The molecule has 3 nitrogen and oxygen atoms in total. The molecular weight excluding hydrogens is 282 g/mol. The van der Waals surface area contributed by atoms with E-state index >= 15 is 0 Å². The number of hydrogen-bond acceptors (Lipinski definition) is 3. The van der Waals surface area contributed by atoms with Gasteiger partial charge in [-0.05, 0) is 29.8 Å². The number of β-amino-alcohol motifs (C(OH)–C–C–N with tert-alkyl or cyclic N) is 1. The maximum Gasteiger partial charge on any atom is 0.254 e. The summed E-state index contributed by atoms with van der Waals surface area (Å²) < 4.78 is 0. The van der Waals surface area contributed by atoms with Crippen LogP contribution in [0.1, 0.15) is 15.9 Å². The Balaban J connectivity index is 1.58. The third-order valence-electron chi connectivity index (χ3n) is 3.50. The third kappa shape index (κ3) is 3.46. The van der Waals surface area contributed by atoms with Gasteiger partial charge in [-0.1, -0.05) is 30.3 Å². The lowest BCUT2D eigenvalue weighted by Crippen LogP contribution is -2.53. The summed E-state index contributed by atoms with van der Waals surface area (Å²) in [5, 5.41) is 9.24. The van der Waals surface area contributed by atoms with Crippen LogP contribution in [0.3, 0.4) is 0 Å². The zero-order valence-electron chi connectivity index (χ0n) is 11.6. The predicted octanol–water partition coefficient (Wildman–Crippen LogP) is 2.80. The minimum absolute atomic E-state index is 0.00237. The molecule has 0 bridgehead atoms. The first kappa shape index (κ1) is 14.2. The van der Waals surface area contributed by atoms with Crippen LogP contribution in [0.4, 0.5) is 0 Å². The fraction of sp³-hybridized carbons (Fsp3) is 0.235. The highest BCUT2D eigenvalue weighted by Crippen LogP contribution is 2.22. The second-order valence-electron chi connectivity index (χ2n) is 5.16. The van der Waals surface area contributed by atoms with Gasteiger partial charge in [0.05, 0.1) is 6.10 Å². The number of carbonyl (C=O) groups excluding carboxylic acids is 1. The van der Waals surface area contributed by atoms with Crippen LogP contribution in [0, 0.1) is 0 Å². The normalized spacial score (nSPS) is 14.8. The summed E-state index contributed by atoms with van der Waals surface area (Å²) >= 11 is 1.78. The van der Waals surface area contributed by atoms with Crippen LogP contribution in [0.15, 0.2) is 59.5 Å². The molecule has 0 aliphatic carbocycles. The molecule has 1 N–H and O–H groups in total. The van der Waals surface area contributed by atoms with Crippen LogP contribution < -0.4 is 0 Å². The van der Waals surface area contributed by atoms with Gasteiger partial charge in [-0.2, -0.15) is 0 Å². The highest BCUT2D eigenvalue weighted by molar-refractivity contribution is 7.98. The van der Waals surface area contributed by atoms with Crippen molar-refractivity contribution in [3.63, 3.8) is 0 Å². The molecule has 0 spiro atoms. The van der Waals surface area contributed by atoms with Gasteiger partial charge in [0.2, 0.25) is 0 Å². The van der Waals surface area contributed by atoms with Crippen LogP contribution >= 0.6 is 11.8 Å². The Bertz CT molecular complexity index is 606. The van der Waals surface area contributed by atoms with Gasteiger partial charge < -0.3 is 10.0 Å². The van der Waals surface area contributed by atoms with Crippen LogP contribution in [-0.2, 0) is 5.75 Å². The summed E-state index contributed by atoms with van der Waals surface area (Å²) in [4.78, 5) is 15.0. The smallest absolute Gasteiger partial charge is 0.254 e. The highest BCUT2D eigenvalue weighted by atomic mass is 32.2. The third-order valence-corrected chi connectivity index (χ3v) is 4.58. The van der Waals surface area contributed by atoms with Gasteiger partial charge in [-0.3, -0.25) is 4.79 Å². The lowest BCUT2D eigenvalue weighted by molar-refractivity contribution is 0.00589. The molecule has 2 aromatic rings. The first-order chi connectivity index (χ1) is 10.2. The van der Waals surface area contributed by atoms with Crippen molar-refractivity contribution in [1.29, 1.82) is 0 Å². The molecule has 2 aromatic carbocycles. The summed E-state index contributed by atoms with van der Waals surface area (Å²) in [5.41, 5.74) is 1.89. The average Bonchev–Trinajstić information content (AvgIpc) is 2.51. The Morgan fingerprint density at radius 1 is 1.10 bits per heavy atom. The topological polar surface area (TPSA) is 40.5 Å². The maximum absolute atomic E-state index is 12.1. The number of nitrogens with zero attached hydrogens (tertiary/aromatic N) is 1. The van der Waals surface area contributed by atoms with E-state index in [1.54, 1.807) is 16.7 Å². The molecule has 1 saturated heterocycles. The van der Waals surface area contributed by atoms with E-state index in [4.69, 9.17) is 0 Å². The van der Waals surface area contributed by atoms with E-state index in [9.17, 15) is 9.90 Å². The molecule has 108 valence electrons. The van der Waals surface area contributed by atoms with Crippen molar-refractivity contribution in [2.24, 2.45) is 0 Å². The molecule has 0 aromatic heterocycles. The van der Waals surface area contributed by atoms with Crippen molar-refractivity contribution in [2.45, 2.75) is 16.8 Å². The molecular formula is C17H17NO2S. The Labute approximate surface area is 128 Å². The Morgan fingerprint density at radius 3 is 2.38 bits per heavy atom. The number of likely N-dealkylation sites (tertiary alicyclic amines) is 1. The van der Waals surface area contributed by atoms with Crippen molar-refractivity contribution in [3.8, 4) is 0 Å². The van der Waals surface area contributed by atoms with E-state index in [-0.39, 0.29) is 12.0 Å². The summed E-state index contributed by atoms with van der Waals surface area (Å²) in [6.07, 6.45) is -0.351. The number of amides is 1. The molecule has 1 aliphatic heterocycles. The van der Waals surface area contributed by atoms with Crippen molar-refractivity contribution in [3.05, 3.63) is 65.7 Å². The molecule has 0 saturated carbocycles. The van der Waals surface area contributed by atoms with E-state index < -0.39 is 0 Å². The number of hydrogen-bond donors (Lipinski definition) is 1. The van der Waals surface area contributed by atoms with Crippen molar-refractivity contribution in [2.75, 3.05) is 13.1 Å². The largest absolute Gasteiger partial charge is 0.389 e. The Kier molecular flexibility index (Phi) is 4.27. The molecule has 0 radical (unpaired) electrons. The van der Waals surface area contributed by atoms with Crippen LogP contribution in [0.5, 0.6) is 0 Å². The zero-order chi connectivity index (χ0) is 14.7. The predicted molar refractivity (Wildman–Crippen MR) is 84.4 cm³/mol. The molecule has 0 atom stereocenters. The van der Waals surface area contributed by atoms with Gasteiger partial charge in [0.1, 0.15) is 0 Å². The number of aliphatic hydroxyl groups excluding tert-OH is 1. The first-order valence-electron chi connectivity index (χ1n) is 6.96. The lowest BCUT2D eigenvalue weighted by atomic mass is 10.1. The number of benzene rings is 2. The second-order valence-corrected chi connectivity index (χ2v) is 6.21. The Hall–Kier alpha value is -1.78. The zero-order valence-corrected chi connectivity index (χ0v) is 12.4. The summed E-state index contributed by atoms with van der Waals surface area (Å²) in [6.45, 7) is 0.898. The van der Waals surface area contributed by atoms with Gasteiger partial charge in [0, 0.05) is 29.3 Å². The number of aliphatic hydroxyl groups is 1. The molecule has 0 unspecified atom stereocenters. The van der Waals surface area contributed by atoms with Gasteiger partial charge in [-0.15, -0.1) is 11.8 Å². The van der Waals surface area contributed by atoms with Gasteiger partial charge in [0.15, 0.2) is 0 Å². The van der Waals surface area contributed by atoms with Crippen LogP contribution in [0.25, 0.3) is 0 Å². The van der Waals surface area contributed by atoms with Crippen molar-refractivity contribution < 1.29 is 9.90 Å². The molecule has 1 fully saturated rings. The van der Waals surface area contributed by atoms with E-state index in [0.29, 0.717) is 18.7 Å². The minimum atomic E-state index is -0.351. The number of rotatable bonds is 4. The van der Waals surface area contributed by atoms with Crippen LogP contribution in [-0.4, -0.2) is 35.1 Å². The standard InChI is InChI=1S/C17H17NO2S/c19-15-10-18(11-15)17(20)14-8-6-13(7-9-14)12-21-16-4-2-1-3-5-16/h1-9,15,19H,10-12H2. The summed E-state index contributed by atoms with van der Waals surface area (Å²) in [7, 11) is 0. The monoisotopic (exact) mass is 299 g/mol. The van der Waals surface area contributed by atoms with Gasteiger partial charge >= 0.3 is 0 Å². The fourth-order valence-corrected chi connectivity index (χ4v) is 3.11. The Morgan fingerprint density at radius 2 is 1.76 bits per heavy atom. The number of thioether (sulfide) groups is 1. The number of carbonyl (C=O) groups is 1. The second kappa shape index (κ2) is 6.33. The lowest BCUT2D eigenvalue weighted by Gasteiger charge is -2.35. The molecule has 21 heavy (non-hydrogen) atoms. The van der Waals surface area contributed by atoms with Crippen molar-refractivity contribution >= 4 is 17.7 Å². The van der Waals surface area contributed by atoms with E-state index in [0.717, 1.165) is 5.75 Å². The molecule has 1 heterocycles. The van der Waals surface area contributed by atoms with E-state index in [1.165, 1.54) is 10.5 Å². The molecule has 1 amide bonds. The van der Waals surface area contributed by atoms with Gasteiger partial charge in [-0.25, -0.2) is 0 Å². The SMILES string of the molecule is O=C(c1ccc(CSc2ccccc2)cc1)N1CC(O)C1. The first-order valence-corrected chi connectivity index (χ1v) is 7.95. The minimum Gasteiger partial charge on any atom is -0.389 e. The average molecular weight is 299 g/mol. The molecule has 1 aliphatic rings.